The monoisotopic (exact) mass is 315 g/mol. The smallest absolute Gasteiger partial charge is 0.162 e. The molecule has 0 radical (unpaired) electrons. The maximum atomic E-state index is 5.37. The Bertz CT molecular complexity index is 774. The number of hydrogen-bond acceptors (Lipinski definition) is 6. The molecule has 3 aromatic rings. The van der Waals surface area contributed by atoms with Gasteiger partial charge in [0.15, 0.2) is 11.5 Å². The summed E-state index contributed by atoms with van der Waals surface area (Å²) in [6, 6.07) is 8.08. The second kappa shape index (κ2) is 6.19. The van der Waals surface area contributed by atoms with Crippen LogP contribution in [0.4, 0.5) is 5.82 Å². The normalized spacial score (nSPS) is 12.1. The van der Waals surface area contributed by atoms with Crippen LogP contribution in [-0.2, 0) is 0 Å². The number of thiophene rings is 1. The van der Waals surface area contributed by atoms with Gasteiger partial charge >= 0.3 is 0 Å². The average Bonchev–Trinajstić information content (AvgIpc) is 3.08. The Morgan fingerprint density at radius 3 is 2.59 bits per heavy atom. The van der Waals surface area contributed by atoms with E-state index in [-0.39, 0.29) is 6.04 Å². The fourth-order valence-electron chi connectivity index (χ4n) is 2.31. The van der Waals surface area contributed by atoms with Crippen LogP contribution in [-0.4, -0.2) is 24.2 Å². The molecule has 114 valence electrons. The van der Waals surface area contributed by atoms with Crippen molar-refractivity contribution in [3.63, 3.8) is 0 Å². The van der Waals surface area contributed by atoms with Crippen molar-refractivity contribution in [1.82, 2.24) is 9.97 Å². The summed E-state index contributed by atoms with van der Waals surface area (Å²) < 4.78 is 10.7. The summed E-state index contributed by atoms with van der Waals surface area (Å²) in [5.74, 6) is 2.11. The van der Waals surface area contributed by atoms with E-state index in [0.29, 0.717) is 11.5 Å². The molecule has 2 heterocycles. The maximum Gasteiger partial charge on any atom is 0.162 e. The second-order valence-corrected chi connectivity index (χ2v) is 5.81. The van der Waals surface area contributed by atoms with Crippen molar-refractivity contribution in [1.29, 1.82) is 0 Å². The zero-order valence-electron chi connectivity index (χ0n) is 12.7. The van der Waals surface area contributed by atoms with Crippen molar-refractivity contribution in [2.45, 2.75) is 13.0 Å². The SMILES string of the molecule is COc1cc2ncnc(N[C@@H](C)c3cccs3)c2cc1OC. The first kappa shape index (κ1) is 14.6. The van der Waals surface area contributed by atoms with Crippen LogP contribution in [0.3, 0.4) is 0 Å². The number of nitrogens with one attached hydrogen (secondary N) is 1. The lowest BCUT2D eigenvalue weighted by molar-refractivity contribution is 0.356. The number of benzene rings is 1. The van der Waals surface area contributed by atoms with E-state index in [0.717, 1.165) is 16.7 Å². The highest BCUT2D eigenvalue weighted by Gasteiger charge is 2.13. The summed E-state index contributed by atoms with van der Waals surface area (Å²) in [5, 5.41) is 6.41. The predicted octanol–water partition coefficient (Wildman–Crippen LogP) is 3.88. The molecule has 2 aromatic heterocycles. The third kappa shape index (κ3) is 2.69. The van der Waals surface area contributed by atoms with Gasteiger partial charge in [-0.3, -0.25) is 0 Å². The zero-order chi connectivity index (χ0) is 15.5. The molecular weight excluding hydrogens is 298 g/mol. The third-order valence-corrected chi connectivity index (χ3v) is 4.52. The van der Waals surface area contributed by atoms with Gasteiger partial charge in [-0.05, 0) is 24.4 Å². The second-order valence-electron chi connectivity index (χ2n) is 4.83. The van der Waals surface area contributed by atoms with E-state index >= 15 is 0 Å². The zero-order valence-corrected chi connectivity index (χ0v) is 13.5. The lowest BCUT2D eigenvalue weighted by Gasteiger charge is -2.15. The number of aromatic nitrogens is 2. The number of fused-ring (bicyclic) bond motifs is 1. The van der Waals surface area contributed by atoms with Crippen molar-refractivity contribution in [3.8, 4) is 11.5 Å². The highest BCUT2D eigenvalue weighted by molar-refractivity contribution is 7.10. The molecule has 3 rings (SSSR count). The molecule has 0 unspecified atom stereocenters. The minimum absolute atomic E-state index is 0.172. The van der Waals surface area contributed by atoms with Crippen LogP contribution in [0.15, 0.2) is 36.0 Å². The van der Waals surface area contributed by atoms with Crippen molar-refractivity contribution in [2.24, 2.45) is 0 Å². The molecule has 0 fully saturated rings. The van der Waals surface area contributed by atoms with E-state index < -0.39 is 0 Å². The van der Waals surface area contributed by atoms with E-state index in [9.17, 15) is 0 Å². The van der Waals surface area contributed by atoms with Gasteiger partial charge in [0, 0.05) is 16.3 Å². The maximum absolute atomic E-state index is 5.37. The van der Waals surface area contributed by atoms with Crippen molar-refractivity contribution in [2.75, 3.05) is 19.5 Å². The fraction of sp³-hybridized carbons (Fsp3) is 0.250. The standard InChI is InChI=1S/C16H17N3O2S/c1-10(15-5-4-6-22-15)19-16-11-7-13(20-2)14(21-3)8-12(11)17-9-18-16/h4-10H,1-3H3,(H,17,18,19)/t10-/m0/s1. The van der Waals surface area contributed by atoms with Gasteiger partial charge in [-0.15, -0.1) is 11.3 Å². The number of rotatable bonds is 5. The van der Waals surface area contributed by atoms with Gasteiger partial charge < -0.3 is 14.8 Å². The van der Waals surface area contributed by atoms with Crippen LogP contribution in [0.2, 0.25) is 0 Å². The molecule has 0 amide bonds. The van der Waals surface area contributed by atoms with Gasteiger partial charge in [0.2, 0.25) is 0 Å². The summed E-state index contributed by atoms with van der Waals surface area (Å²) in [7, 11) is 3.23. The Hall–Kier alpha value is -2.34. The molecule has 5 nitrogen and oxygen atoms in total. The lowest BCUT2D eigenvalue weighted by atomic mass is 10.2. The molecule has 0 saturated carbocycles. The Morgan fingerprint density at radius 1 is 1.14 bits per heavy atom. The van der Waals surface area contributed by atoms with Crippen LogP contribution in [0.25, 0.3) is 10.9 Å². The van der Waals surface area contributed by atoms with E-state index in [4.69, 9.17) is 9.47 Å². The summed E-state index contributed by atoms with van der Waals surface area (Å²) in [4.78, 5) is 9.94. The molecule has 0 aliphatic rings. The summed E-state index contributed by atoms with van der Waals surface area (Å²) in [5.41, 5.74) is 0.813. The molecule has 0 aliphatic carbocycles. The van der Waals surface area contributed by atoms with Gasteiger partial charge in [-0.2, -0.15) is 0 Å². The summed E-state index contributed by atoms with van der Waals surface area (Å²) >= 11 is 1.72. The van der Waals surface area contributed by atoms with Gasteiger partial charge in [0.25, 0.3) is 0 Å². The first-order valence-corrected chi connectivity index (χ1v) is 7.77. The highest BCUT2D eigenvalue weighted by atomic mass is 32.1. The predicted molar refractivity (Wildman–Crippen MR) is 89.0 cm³/mol. The molecular formula is C16H17N3O2S. The molecule has 0 spiro atoms. The molecule has 0 aliphatic heterocycles. The first-order valence-electron chi connectivity index (χ1n) is 6.89. The van der Waals surface area contributed by atoms with Crippen LogP contribution in [0, 0.1) is 0 Å². The molecule has 1 aromatic carbocycles. The molecule has 22 heavy (non-hydrogen) atoms. The van der Waals surface area contributed by atoms with Crippen molar-refractivity contribution >= 4 is 28.1 Å². The third-order valence-electron chi connectivity index (χ3n) is 3.46. The molecule has 0 bridgehead atoms. The Morgan fingerprint density at radius 2 is 1.91 bits per heavy atom. The number of methoxy groups -OCH3 is 2. The van der Waals surface area contributed by atoms with Crippen molar-refractivity contribution in [3.05, 3.63) is 40.8 Å². The van der Waals surface area contributed by atoms with Gasteiger partial charge in [-0.1, -0.05) is 6.07 Å². The quantitative estimate of drug-likeness (QED) is 0.774. The van der Waals surface area contributed by atoms with E-state index in [1.165, 1.54) is 4.88 Å². The summed E-state index contributed by atoms with van der Waals surface area (Å²) in [6.45, 7) is 2.11. The molecule has 1 N–H and O–H groups in total. The minimum atomic E-state index is 0.172. The number of ether oxygens (including phenoxy) is 2. The number of nitrogens with zero attached hydrogens (tertiary/aromatic N) is 2. The minimum Gasteiger partial charge on any atom is -0.493 e. The number of hydrogen-bond donors (Lipinski definition) is 1. The van der Waals surface area contributed by atoms with E-state index in [1.54, 1.807) is 31.9 Å². The molecule has 6 heteroatoms. The Labute approximate surface area is 132 Å². The molecule has 0 saturated heterocycles. The Kier molecular flexibility index (Phi) is 4.11. The lowest BCUT2D eigenvalue weighted by Crippen LogP contribution is -2.07. The number of anilines is 1. The van der Waals surface area contributed by atoms with Crippen LogP contribution in [0.1, 0.15) is 17.8 Å². The van der Waals surface area contributed by atoms with Crippen LogP contribution >= 0.6 is 11.3 Å². The van der Waals surface area contributed by atoms with Crippen LogP contribution < -0.4 is 14.8 Å². The fourth-order valence-corrected chi connectivity index (χ4v) is 3.05. The van der Waals surface area contributed by atoms with Gasteiger partial charge in [-0.25, -0.2) is 9.97 Å². The largest absolute Gasteiger partial charge is 0.493 e. The first-order chi connectivity index (χ1) is 10.7. The van der Waals surface area contributed by atoms with E-state index in [1.807, 2.05) is 18.2 Å². The van der Waals surface area contributed by atoms with Gasteiger partial charge in [0.1, 0.15) is 12.1 Å². The molecule has 1 atom stereocenters. The van der Waals surface area contributed by atoms with E-state index in [2.05, 4.69) is 33.7 Å². The Balaban J connectivity index is 2.02. The summed E-state index contributed by atoms with van der Waals surface area (Å²) in [6.07, 6.45) is 1.55. The van der Waals surface area contributed by atoms with Crippen LogP contribution in [0.5, 0.6) is 11.5 Å². The average molecular weight is 315 g/mol. The topological polar surface area (TPSA) is 56.3 Å². The van der Waals surface area contributed by atoms with Gasteiger partial charge in [0.05, 0.1) is 25.8 Å². The highest BCUT2D eigenvalue weighted by Crippen LogP contribution is 2.34. The van der Waals surface area contributed by atoms with Crippen molar-refractivity contribution < 1.29 is 9.47 Å².